The normalized spacial score (nSPS) is 19.8. The molecule has 0 spiro atoms. The molecule has 1 aromatic carbocycles. The average Bonchev–Trinajstić information content (AvgIpc) is 2.90. The van der Waals surface area contributed by atoms with Crippen LogP contribution in [-0.2, 0) is 16.1 Å². The standard InChI is InChI=1S/C24H37N5O3.2C2H6/c1-5-7-13-26-16-21-28(20(23(26)31)14-18(3)4)22(30)17-27(6-2)29(21)24(32)25-15-19-11-9-8-10-12-19;2*1-2/h8-12,18,20-21H,5-7,13-17H2,1-4H3,(H,25,32);2*1-2H3/t20-,21?;;/m0../s1. The minimum Gasteiger partial charge on any atom is -0.337 e. The van der Waals surface area contributed by atoms with E-state index in [9.17, 15) is 14.4 Å². The van der Waals surface area contributed by atoms with Crippen LogP contribution in [0.4, 0.5) is 4.79 Å². The fourth-order valence-corrected chi connectivity index (χ4v) is 4.54. The first kappa shape index (κ1) is 31.4. The molecule has 0 radical (unpaired) electrons. The average molecular weight is 504 g/mol. The van der Waals surface area contributed by atoms with Gasteiger partial charge in [-0.15, -0.1) is 0 Å². The maximum Gasteiger partial charge on any atom is 0.334 e. The van der Waals surface area contributed by atoms with Gasteiger partial charge in [0.05, 0.1) is 13.1 Å². The molecule has 2 heterocycles. The number of fused-ring (bicyclic) bond motifs is 1. The Morgan fingerprint density at radius 3 is 2.25 bits per heavy atom. The summed E-state index contributed by atoms with van der Waals surface area (Å²) in [7, 11) is 0. The van der Waals surface area contributed by atoms with E-state index in [0.717, 1.165) is 18.4 Å². The molecule has 1 aromatic rings. The number of amides is 4. The van der Waals surface area contributed by atoms with Crippen LogP contribution in [0.1, 0.15) is 80.2 Å². The Morgan fingerprint density at radius 1 is 1.06 bits per heavy atom. The van der Waals surface area contributed by atoms with Gasteiger partial charge in [0.25, 0.3) is 0 Å². The first-order chi connectivity index (χ1) is 17.4. The van der Waals surface area contributed by atoms with Crippen molar-refractivity contribution in [1.29, 1.82) is 0 Å². The van der Waals surface area contributed by atoms with Gasteiger partial charge in [-0.05, 0) is 24.3 Å². The highest BCUT2D eigenvalue weighted by molar-refractivity contribution is 5.91. The number of unbranched alkanes of at least 4 members (excludes halogenated alkanes) is 1. The molecule has 2 aliphatic rings. The van der Waals surface area contributed by atoms with E-state index in [1.807, 2.05) is 69.9 Å². The van der Waals surface area contributed by atoms with Crippen molar-refractivity contribution in [2.45, 2.75) is 93.4 Å². The molecule has 3 rings (SSSR count). The first-order valence-corrected chi connectivity index (χ1v) is 13.8. The zero-order chi connectivity index (χ0) is 27.3. The molecule has 2 aliphatic heterocycles. The molecule has 36 heavy (non-hydrogen) atoms. The minimum atomic E-state index is -0.526. The maximum absolute atomic E-state index is 13.4. The second-order valence-electron chi connectivity index (χ2n) is 9.03. The lowest BCUT2D eigenvalue weighted by Gasteiger charge is -2.55. The Kier molecular flexibility index (Phi) is 14.1. The number of benzene rings is 1. The summed E-state index contributed by atoms with van der Waals surface area (Å²) in [5, 5.41) is 6.47. The SMILES string of the molecule is CC.CC.CCCCN1CC2N(C(=O)CN(CC)N2C(=O)NCc2ccccc2)[C@@H](CC(C)C)C1=O. The van der Waals surface area contributed by atoms with Crippen LogP contribution in [0.25, 0.3) is 0 Å². The van der Waals surface area contributed by atoms with Crippen molar-refractivity contribution in [3.05, 3.63) is 35.9 Å². The van der Waals surface area contributed by atoms with Crippen molar-refractivity contribution in [2.75, 3.05) is 26.2 Å². The van der Waals surface area contributed by atoms with E-state index in [-0.39, 0.29) is 30.3 Å². The van der Waals surface area contributed by atoms with Crippen LogP contribution in [0.3, 0.4) is 0 Å². The van der Waals surface area contributed by atoms with Crippen molar-refractivity contribution in [2.24, 2.45) is 5.92 Å². The van der Waals surface area contributed by atoms with Crippen LogP contribution in [-0.4, -0.2) is 76.0 Å². The Balaban J connectivity index is 0.00000154. The number of rotatable bonds is 8. The number of nitrogens with one attached hydrogen (secondary N) is 1. The summed E-state index contributed by atoms with van der Waals surface area (Å²) < 4.78 is 0. The number of piperazine rings is 1. The summed E-state index contributed by atoms with van der Waals surface area (Å²) in [6.07, 6.45) is 1.98. The van der Waals surface area contributed by atoms with E-state index < -0.39 is 12.2 Å². The molecule has 2 fully saturated rings. The Morgan fingerprint density at radius 2 is 1.69 bits per heavy atom. The molecule has 4 amide bonds. The van der Waals surface area contributed by atoms with Crippen molar-refractivity contribution in [1.82, 2.24) is 25.1 Å². The van der Waals surface area contributed by atoms with Crippen LogP contribution in [0.5, 0.6) is 0 Å². The largest absolute Gasteiger partial charge is 0.337 e. The predicted octanol–water partition coefficient (Wildman–Crippen LogP) is 4.71. The lowest BCUT2D eigenvalue weighted by Crippen LogP contribution is -2.76. The molecule has 2 atom stereocenters. The highest BCUT2D eigenvalue weighted by Gasteiger charge is 2.50. The molecule has 0 aliphatic carbocycles. The van der Waals surface area contributed by atoms with Gasteiger partial charge in [0, 0.05) is 19.6 Å². The number of likely N-dealkylation sites (N-methyl/N-ethyl adjacent to an activating group) is 1. The molecule has 8 nitrogen and oxygen atoms in total. The molecule has 1 N–H and O–H groups in total. The third kappa shape index (κ3) is 7.95. The number of carbonyl (C=O) groups is 3. The van der Waals surface area contributed by atoms with Gasteiger partial charge in [-0.25, -0.2) is 14.8 Å². The van der Waals surface area contributed by atoms with E-state index in [1.165, 1.54) is 0 Å². The number of hydrogen-bond acceptors (Lipinski definition) is 4. The minimum absolute atomic E-state index is 0.00587. The summed E-state index contributed by atoms with van der Waals surface area (Å²) in [4.78, 5) is 43.4. The van der Waals surface area contributed by atoms with E-state index in [0.29, 0.717) is 32.6 Å². The van der Waals surface area contributed by atoms with Crippen molar-refractivity contribution in [3.63, 3.8) is 0 Å². The lowest BCUT2D eigenvalue weighted by molar-refractivity contribution is -0.190. The van der Waals surface area contributed by atoms with Gasteiger partial charge >= 0.3 is 6.03 Å². The Bertz CT molecular complexity index is 802. The van der Waals surface area contributed by atoms with E-state index >= 15 is 0 Å². The number of hydrazine groups is 1. The fourth-order valence-electron chi connectivity index (χ4n) is 4.54. The predicted molar refractivity (Wildman–Crippen MR) is 146 cm³/mol. The summed E-state index contributed by atoms with van der Waals surface area (Å²) in [6.45, 7) is 18.2. The van der Waals surface area contributed by atoms with Crippen molar-refractivity contribution in [3.8, 4) is 0 Å². The van der Waals surface area contributed by atoms with Crippen LogP contribution >= 0.6 is 0 Å². The van der Waals surface area contributed by atoms with Crippen LogP contribution < -0.4 is 5.32 Å². The lowest BCUT2D eigenvalue weighted by atomic mass is 9.97. The van der Waals surface area contributed by atoms with Crippen molar-refractivity contribution < 1.29 is 14.4 Å². The highest BCUT2D eigenvalue weighted by Crippen LogP contribution is 2.29. The summed E-state index contributed by atoms with van der Waals surface area (Å²) in [5.74, 6) is 0.178. The van der Waals surface area contributed by atoms with Gasteiger partial charge < -0.3 is 15.1 Å². The third-order valence-electron chi connectivity index (χ3n) is 6.17. The Labute approximate surface area is 219 Å². The number of nitrogens with zero attached hydrogens (tertiary/aromatic N) is 4. The zero-order valence-electron chi connectivity index (χ0n) is 23.8. The quantitative estimate of drug-likeness (QED) is 0.557. The molecule has 204 valence electrons. The second kappa shape index (κ2) is 16.2. The highest BCUT2D eigenvalue weighted by atomic mass is 16.2. The van der Waals surface area contributed by atoms with Gasteiger partial charge in [0.2, 0.25) is 11.8 Å². The van der Waals surface area contributed by atoms with E-state index in [1.54, 1.807) is 14.9 Å². The molecule has 8 heteroatoms. The van der Waals surface area contributed by atoms with Gasteiger partial charge in [-0.3, -0.25) is 9.59 Å². The van der Waals surface area contributed by atoms with Crippen LogP contribution in [0.15, 0.2) is 30.3 Å². The molecule has 1 unspecified atom stereocenters. The number of urea groups is 1. The molecular formula is C28H49N5O3. The third-order valence-corrected chi connectivity index (χ3v) is 6.17. The second-order valence-corrected chi connectivity index (χ2v) is 9.03. The van der Waals surface area contributed by atoms with Gasteiger partial charge in [-0.1, -0.05) is 92.1 Å². The fraction of sp³-hybridized carbons (Fsp3) is 0.679. The van der Waals surface area contributed by atoms with Crippen LogP contribution in [0, 0.1) is 5.92 Å². The number of hydrogen-bond donors (Lipinski definition) is 1. The monoisotopic (exact) mass is 503 g/mol. The Hall–Kier alpha value is -2.61. The van der Waals surface area contributed by atoms with Crippen molar-refractivity contribution >= 4 is 17.8 Å². The van der Waals surface area contributed by atoms with Gasteiger partial charge in [-0.2, -0.15) is 0 Å². The molecule has 0 saturated carbocycles. The van der Waals surface area contributed by atoms with E-state index in [4.69, 9.17) is 0 Å². The van der Waals surface area contributed by atoms with Gasteiger partial charge in [0.1, 0.15) is 12.2 Å². The van der Waals surface area contributed by atoms with E-state index in [2.05, 4.69) is 26.1 Å². The smallest absolute Gasteiger partial charge is 0.334 e. The molecule has 2 saturated heterocycles. The summed E-state index contributed by atoms with van der Waals surface area (Å²) in [6, 6.07) is 8.99. The molecule has 0 aromatic heterocycles. The maximum atomic E-state index is 13.4. The summed E-state index contributed by atoms with van der Waals surface area (Å²) >= 11 is 0. The zero-order valence-corrected chi connectivity index (χ0v) is 23.8. The summed E-state index contributed by atoms with van der Waals surface area (Å²) in [5.41, 5.74) is 1.01. The topological polar surface area (TPSA) is 76.2 Å². The van der Waals surface area contributed by atoms with Gasteiger partial charge in [0.15, 0.2) is 0 Å². The number of carbonyl (C=O) groups excluding carboxylic acids is 3. The molecule has 0 bridgehead atoms. The first-order valence-electron chi connectivity index (χ1n) is 13.8. The molecular weight excluding hydrogens is 454 g/mol. The van der Waals surface area contributed by atoms with Crippen LogP contribution in [0.2, 0.25) is 0 Å².